The normalized spacial score (nSPS) is 23.7. The van der Waals surface area contributed by atoms with E-state index in [0.717, 1.165) is 28.8 Å². The topological polar surface area (TPSA) is 15.3 Å². The third-order valence-electron chi connectivity index (χ3n) is 4.18. The molecule has 1 aliphatic rings. The van der Waals surface area contributed by atoms with E-state index in [1.165, 1.54) is 0 Å². The van der Waals surface area contributed by atoms with E-state index in [4.69, 9.17) is 23.2 Å². The minimum absolute atomic E-state index is 0.419. The van der Waals surface area contributed by atoms with E-state index < -0.39 is 0 Å². The molecule has 1 N–H and O–H groups in total. The van der Waals surface area contributed by atoms with Crippen molar-refractivity contribution in [3.63, 3.8) is 0 Å². The molecule has 0 saturated carbocycles. The quantitative estimate of drug-likeness (QED) is 0.886. The van der Waals surface area contributed by atoms with Crippen molar-refractivity contribution in [2.45, 2.75) is 39.8 Å². The molecule has 1 fully saturated rings. The van der Waals surface area contributed by atoms with Gasteiger partial charge in [-0.15, -0.1) is 0 Å². The van der Waals surface area contributed by atoms with E-state index in [-0.39, 0.29) is 0 Å². The number of nitrogens with one attached hydrogen (secondary N) is 1. The Morgan fingerprint density at radius 3 is 2.20 bits per heavy atom. The molecule has 0 radical (unpaired) electrons. The van der Waals surface area contributed by atoms with Crippen LogP contribution >= 0.6 is 23.2 Å². The molecule has 0 aromatic heterocycles. The highest BCUT2D eigenvalue weighted by Crippen LogP contribution is 2.37. The Balaban J connectivity index is 2.36. The molecule has 0 bridgehead atoms. The number of nitrogens with zero attached hydrogens (tertiary/aromatic N) is 1. The zero-order chi connectivity index (χ0) is 14.9. The number of hydrogen-bond donors (Lipinski definition) is 1. The second-order valence-corrected chi connectivity index (χ2v) is 7.11. The predicted molar refractivity (Wildman–Crippen MR) is 89.1 cm³/mol. The van der Waals surface area contributed by atoms with Crippen molar-refractivity contribution in [2.75, 3.05) is 18.0 Å². The standard InChI is InChI=1S/C16H24Cl2N2/c1-10(2)14-9-20(15(8-19-14)11(3)4)16-12(17)6-5-7-13(16)18/h5-7,10-11,14-15,19H,8-9H2,1-4H3. The molecule has 2 nitrogen and oxygen atoms in total. The molecule has 0 aliphatic carbocycles. The first-order chi connectivity index (χ1) is 9.41. The first kappa shape index (κ1) is 15.9. The summed E-state index contributed by atoms with van der Waals surface area (Å²) in [5, 5.41) is 5.15. The summed E-state index contributed by atoms with van der Waals surface area (Å²) in [6.45, 7) is 10.9. The van der Waals surface area contributed by atoms with Crippen LogP contribution in [-0.4, -0.2) is 25.2 Å². The molecule has 0 spiro atoms. The van der Waals surface area contributed by atoms with Gasteiger partial charge in [0.2, 0.25) is 0 Å². The summed E-state index contributed by atoms with van der Waals surface area (Å²) in [6.07, 6.45) is 0. The summed E-state index contributed by atoms with van der Waals surface area (Å²) in [4.78, 5) is 2.40. The van der Waals surface area contributed by atoms with Gasteiger partial charge >= 0.3 is 0 Å². The van der Waals surface area contributed by atoms with Crippen LogP contribution in [0.1, 0.15) is 27.7 Å². The number of benzene rings is 1. The third-order valence-corrected chi connectivity index (χ3v) is 4.79. The number of halogens is 2. The monoisotopic (exact) mass is 314 g/mol. The fourth-order valence-corrected chi connectivity index (χ4v) is 3.47. The molecule has 4 heteroatoms. The molecule has 2 unspecified atom stereocenters. The summed E-state index contributed by atoms with van der Waals surface area (Å²) in [5.74, 6) is 1.13. The molecule has 1 aromatic rings. The highest BCUT2D eigenvalue weighted by Gasteiger charge is 2.33. The molecule has 112 valence electrons. The van der Waals surface area contributed by atoms with Crippen LogP contribution in [0.4, 0.5) is 5.69 Å². The van der Waals surface area contributed by atoms with Crippen LogP contribution < -0.4 is 10.2 Å². The minimum atomic E-state index is 0.419. The molecule has 2 atom stereocenters. The Hall–Kier alpha value is -0.440. The zero-order valence-electron chi connectivity index (χ0n) is 12.7. The molecular weight excluding hydrogens is 291 g/mol. The lowest BCUT2D eigenvalue weighted by atomic mass is 9.93. The van der Waals surface area contributed by atoms with E-state index in [1.54, 1.807) is 0 Å². The lowest BCUT2D eigenvalue weighted by molar-refractivity contribution is 0.295. The Bertz CT molecular complexity index is 440. The van der Waals surface area contributed by atoms with Crippen LogP contribution in [0.3, 0.4) is 0 Å². The van der Waals surface area contributed by atoms with Crippen LogP contribution in [0.15, 0.2) is 18.2 Å². The Morgan fingerprint density at radius 1 is 1.10 bits per heavy atom. The second kappa shape index (κ2) is 6.55. The van der Waals surface area contributed by atoms with Crippen LogP contribution in [0.2, 0.25) is 10.0 Å². The van der Waals surface area contributed by atoms with Gasteiger partial charge in [0, 0.05) is 25.2 Å². The van der Waals surface area contributed by atoms with E-state index in [2.05, 4.69) is 37.9 Å². The van der Waals surface area contributed by atoms with Gasteiger partial charge in [0.05, 0.1) is 15.7 Å². The first-order valence-electron chi connectivity index (χ1n) is 7.35. The first-order valence-corrected chi connectivity index (χ1v) is 8.11. The van der Waals surface area contributed by atoms with Crippen molar-refractivity contribution in [2.24, 2.45) is 11.8 Å². The maximum absolute atomic E-state index is 6.41. The summed E-state index contributed by atoms with van der Waals surface area (Å²) in [5.41, 5.74) is 0.988. The number of anilines is 1. The van der Waals surface area contributed by atoms with Gasteiger partial charge in [-0.3, -0.25) is 0 Å². The number of piperazine rings is 1. The lowest BCUT2D eigenvalue weighted by Crippen LogP contribution is -2.60. The van der Waals surface area contributed by atoms with Crippen molar-refractivity contribution in [3.8, 4) is 0 Å². The largest absolute Gasteiger partial charge is 0.363 e. The molecule has 0 amide bonds. The van der Waals surface area contributed by atoms with E-state index in [0.29, 0.717) is 23.9 Å². The van der Waals surface area contributed by atoms with E-state index >= 15 is 0 Å². The van der Waals surface area contributed by atoms with Crippen LogP contribution in [-0.2, 0) is 0 Å². The fraction of sp³-hybridized carbons (Fsp3) is 0.625. The Labute approximate surface area is 132 Å². The Morgan fingerprint density at radius 2 is 1.70 bits per heavy atom. The molecule has 2 rings (SSSR count). The van der Waals surface area contributed by atoms with Crippen LogP contribution in [0.25, 0.3) is 0 Å². The van der Waals surface area contributed by atoms with Gasteiger partial charge in [-0.05, 0) is 24.0 Å². The van der Waals surface area contributed by atoms with Gasteiger partial charge in [-0.2, -0.15) is 0 Å². The molecule has 1 aliphatic heterocycles. The summed E-state index contributed by atoms with van der Waals surface area (Å²) >= 11 is 12.8. The smallest absolute Gasteiger partial charge is 0.0748 e. The molecular formula is C16H24Cl2N2. The van der Waals surface area contributed by atoms with Crippen molar-refractivity contribution in [3.05, 3.63) is 28.2 Å². The van der Waals surface area contributed by atoms with Gasteiger partial charge in [0.15, 0.2) is 0 Å². The summed E-state index contributed by atoms with van der Waals surface area (Å²) < 4.78 is 0. The average Bonchev–Trinajstić information content (AvgIpc) is 2.38. The number of hydrogen-bond acceptors (Lipinski definition) is 2. The number of para-hydroxylation sites is 1. The highest BCUT2D eigenvalue weighted by molar-refractivity contribution is 6.39. The van der Waals surface area contributed by atoms with Crippen molar-refractivity contribution in [1.82, 2.24) is 5.32 Å². The predicted octanol–water partition coefficient (Wildman–Crippen LogP) is 4.45. The molecule has 1 saturated heterocycles. The minimum Gasteiger partial charge on any atom is -0.363 e. The van der Waals surface area contributed by atoms with Crippen molar-refractivity contribution in [1.29, 1.82) is 0 Å². The van der Waals surface area contributed by atoms with Crippen molar-refractivity contribution < 1.29 is 0 Å². The zero-order valence-corrected chi connectivity index (χ0v) is 14.2. The molecule has 1 heterocycles. The van der Waals surface area contributed by atoms with E-state index in [9.17, 15) is 0 Å². The SMILES string of the molecule is CC(C)C1CN(c2c(Cl)cccc2Cl)C(C(C)C)CN1. The van der Waals surface area contributed by atoms with Crippen molar-refractivity contribution >= 4 is 28.9 Å². The highest BCUT2D eigenvalue weighted by atomic mass is 35.5. The van der Waals surface area contributed by atoms with Gasteiger partial charge in [0.1, 0.15) is 0 Å². The van der Waals surface area contributed by atoms with Gasteiger partial charge in [0.25, 0.3) is 0 Å². The van der Waals surface area contributed by atoms with Gasteiger partial charge in [-0.25, -0.2) is 0 Å². The van der Waals surface area contributed by atoms with Crippen LogP contribution in [0, 0.1) is 11.8 Å². The lowest BCUT2D eigenvalue weighted by Gasteiger charge is -2.45. The second-order valence-electron chi connectivity index (χ2n) is 6.29. The molecule has 1 aromatic carbocycles. The molecule has 20 heavy (non-hydrogen) atoms. The van der Waals surface area contributed by atoms with Crippen LogP contribution in [0.5, 0.6) is 0 Å². The maximum atomic E-state index is 6.41. The average molecular weight is 315 g/mol. The van der Waals surface area contributed by atoms with Gasteiger partial charge < -0.3 is 10.2 Å². The summed E-state index contributed by atoms with van der Waals surface area (Å²) in [7, 11) is 0. The maximum Gasteiger partial charge on any atom is 0.0748 e. The van der Waals surface area contributed by atoms with E-state index in [1.807, 2.05) is 18.2 Å². The summed E-state index contributed by atoms with van der Waals surface area (Å²) in [6, 6.07) is 6.64. The third kappa shape index (κ3) is 3.24. The number of rotatable bonds is 3. The Kier molecular flexibility index (Phi) is 5.22. The van der Waals surface area contributed by atoms with Gasteiger partial charge in [-0.1, -0.05) is 57.0 Å². The fourth-order valence-electron chi connectivity index (χ4n) is 2.86.